The molecule has 1 aliphatic heterocycles. The zero-order chi connectivity index (χ0) is 22.8. The molecule has 0 atom stereocenters. The summed E-state index contributed by atoms with van der Waals surface area (Å²) in [5, 5.41) is 3.45. The third kappa shape index (κ3) is 5.38. The summed E-state index contributed by atoms with van der Waals surface area (Å²) < 4.78 is 32.7. The second-order valence-corrected chi connectivity index (χ2v) is 10.3. The van der Waals surface area contributed by atoms with Crippen LogP contribution in [0.25, 0.3) is 0 Å². The molecule has 0 spiro atoms. The molecule has 0 radical (unpaired) electrons. The van der Waals surface area contributed by atoms with Gasteiger partial charge in [-0.1, -0.05) is 17.7 Å². The van der Waals surface area contributed by atoms with Gasteiger partial charge in [-0.05, 0) is 55.7 Å². The fourth-order valence-corrected chi connectivity index (χ4v) is 5.28. The maximum absolute atomic E-state index is 13.0. The Morgan fingerprint density at radius 1 is 1.10 bits per heavy atom. The average Bonchev–Trinajstić information content (AvgIpc) is 2.72. The number of sulfonamides is 1. The number of rotatable bonds is 6. The van der Waals surface area contributed by atoms with Crippen molar-refractivity contribution in [1.82, 2.24) is 4.31 Å². The van der Waals surface area contributed by atoms with Crippen LogP contribution in [-0.4, -0.2) is 58.5 Å². The number of anilines is 1. The Morgan fingerprint density at radius 2 is 1.77 bits per heavy atom. The van der Waals surface area contributed by atoms with E-state index in [-0.39, 0.29) is 12.5 Å². The van der Waals surface area contributed by atoms with Gasteiger partial charge < -0.3 is 15.0 Å². The van der Waals surface area contributed by atoms with E-state index in [2.05, 4.69) is 5.32 Å². The van der Waals surface area contributed by atoms with E-state index in [0.717, 1.165) is 21.6 Å². The van der Waals surface area contributed by atoms with Crippen LogP contribution in [0.1, 0.15) is 16.7 Å². The number of nitrogens with zero attached hydrogens (tertiary/aromatic N) is 1. The predicted octanol–water partition coefficient (Wildman–Crippen LogP) is 1.80. The minimum atomic E-state index is -3.53. The average molecular weight is 467 g/mol. The van der Waals surface area contributed by atoms with Gasteiger partial charge in [0.15, 0.2) is 6.54 Å². The molecular formula is C22H29ClN3O4S+. The van der Waals surface area contributed by atoms with E-state index in [1.54, 1.807) is 24.3 Å². The third-order valence-electron chi connectivity index (χ3n) is 5.71. The summed E-state index contributed by atoms with van der Waals surface area (Å²) in [7, 11) is -2.00. The number of amides is 1. The lowest BCUT2D eigenvalue weighted by Gasteiger charge is -2.31. The van der Waals surface area contributed by atoms with E-state index in [1.165, 1.54) is 11.4 Å². The zero-order valence-electron chi connectivity index (χ0n) is 18.3. The van der Waals surface area contributed by atoms with Crippen LogP contribution in [0.15, 0.2) is 35.2 Å². The van der Waals surface area contributed by atoms with Crippen LogP contribution in [0, 0.1) is 20.8 Å². The number of hydrogen-bond acceptors (Lipinski definition) is 4. The molecule has 168 valence electrons. The molecule has 2 N–H and O–H groups in total. The van der Waals surface area contributed by atoms with Crippen LogP contribution in [0.5, 0.6) is 5.75 Å². The molecule has 0 aromatic heterocycles. The summed E-state index contributed by atoms with van der Waals surface area (Å²) >= 11 is 6.12. The first kappa shape index (κ1) is 23.5. The lowest BCUT2D eigenvalue weighted by atomic mass is 10.1. The molecule has 0 unspecified atom stereocenters. The van der Waals surface area contributed by atoms with Crippen molar-refractivity contribution in [3.8, 4) is 5.75 Å². The van der Waals surface area contributed by atoms with Crippen molar-refractivity contribution in [1.29, 1.82) is 0 Å². The molecule has 1 saturated heterocycles. The maximum atomic E-state index is 13.0. The molecule has 7 nitrogen and oxygen atoms in total. The molecule has 0 bridgehead atoms. The second kappa shape index (κ2) is 9.56. The first-order valence-corrected chi connectivity index (χ1v) is 12.0. The van der Waals surface area contributed by atoms with Crippen molar-refractivity contribution in [3.05, 3.63) is 52.0 Å². The number of carbonyl (C=O) groups is 1. The quantitative estimate of drug-likeness (QED) is 0.680. The van der Waals surface area contributed by atoms with E-state index in [1.807, 2.05) is 26.8 Å². The molecule has 1 amide bonds. The molecule has 2 aromatic rings. The normalized spacial score (nSPS) is 15.6. The van der Waals surface area contributed by atoms with E-state index >= 15 is 0 Å². The van der Waals surface area contributed by atoms with Crippen LogP contribution >= 0.6 is 11.6 Å². The summed E-state index contributed by atoms with van der Waals surface area (Å²) in [5.74, 6) is 0.351. The van der Waals surface area contributed by atoms with Crippen molar-refractivity contribution < 1.29 is 22.8 Å². The van der Waals surface area contributed by atoms with Gasteiger partial charge in [-0.3, -0.25) is 4.79 Å². The van der Waals surface area contributed by atoms with Crippen molar-refractivity contribution in [2.24, 2.45) is 0 Å². The van der Waals surface area contributed by atoms with Gasteiger partial charge >= 0.3 is 0 Å². The van der Waals surface area contributed by atoms with E-state index in [4.69, 9.17) is 16.3 Å². The van der Waals surface area contributed by atoms with Gasteiger partial charge in [-0.15, -0.1) is 0 Å². The Morgan fingerprint density at radius 3 is 2.39 bits per heavy atom. The standard InChI is InChI=1S/C22H28ClN3O4S/c1-15-5-6-18(11-16(15)2)31(28,29)26-9-7-25(8-10-26)14-22(27)24-20-12-17(3)19(23)13-21(20)30-4/h5-6,11-13H,7-10,14H2,1-4H3,(H,24,27)/p+1. The van der Waals surface area contributed by atoms with Crippen LogP contribution in [-0.2, 0) is 14.8 Å². The molecule has 1 heterocycles. The molecule has 3 rings (SSSR count). The molecular weight excluding hydrogens is 438 g/mol. The minimum absolute atomic E-state index is 0.152. The molecule has 1 fully saturated rings. The largest absolute Gasteiger partial charge is 0.495 e. The van der Waals surface area contributed by atoms with Crippen LogP contribution < -0.4 is 15.0 Å². The molecule has 2 aromatic carbocycles. The van der Waals surface area contributed by atoms with Crippen LogP contribution in [0.3, 0.4) is 0 Å². The Balaban J connectivity index is 1.59. The number of piperazine rings is 1. The van der Waals surface area contributed by atoms with Crippen molar-refractivity contribution in [2.45, 2.75) is 25.7 Å². The van der Waals surface area contributed by atoms with E-state index < -0.39 is 10.0 Å². The van der Waals surface area contributed by atoms with Crippen molar-refractivity contribution in [3.63, 3.8) is 0 Å². The Hall–Kier alpha value is -2.13. The monoisotopic (exact) mass is 466 g/mol. The summed E-state index contributed by atoms with van der Waals surface area (Å²) in [4.78, 5) is 13.9. The SMILES string of the molecule is COc1cc(Cl)c(C)cc1NC(=O)C[NH+]1CCN(S(=O)(=O)c2ccc(C)c(C)c2)CC1. The number of ether oxygens (including phenoxy) is 1. The van der Waals surface area contributed by atoms with Gasteiger partial charge in [0.05, 0.1) is 43.9 Å². The van der Waals surface area contributed by atoms with Gasteiger partial charge in [0.1, 0.15) is 5.75 Å². The number of carbonyl (C=O) groups excluding carboxylic acids is 1. The second-order valence-electron chi connectivity index (χ2n) is 7.93. The molecule has 0 aliphatic carbocycles. The van der Waals surface area contributed by atoms with Gasteiger partial charge in [0.2, 0.25) is 10.0 Å². The first-order valence-electron chi connectivity index (χ1n) is 10.2. The van der Waals surface area contributed by atoms with Crippen LogP contribution in [0.2, 0.25) is 5.02 Å². The summed E-state index contributed by atoms with van der Waals surface area (Å²) in [6, 6.07) is 8.67. The highest BCUT2D eigenvalue weighted by molar-refractivity contribution is 7.89. The van der Waals surface area contributed by atoms with Gasteiger partial charge in [0.25, 0.3) is 5.91 Å². The first-order chi connectivity index (χ1) is 14.6. The minimum Gasteiger partial charge on any atom is -0.495 e. The van der Waals surface area contributed by atoms with Gasteiger partial charge in [-0.25, -0.2) is 8.42 Å². The number of aryl methyl sites for hydroxylation is 3. The Bertz CT molecular complexity index is 1080. The number of nitrogens with one attached hydrogen (secondary N) is 2. The number of quaternary nitrogens is 1. The van der Waals surface area contributed by atoms with E-state index in [9.17, 15) is 13.2 Å². The van der Waals surface area contributed by atoms with Crippen molar-refractivity contribution >= 4 is 33.2 Å². The molecule has 31 heavy (non-hydrogen) atoms. The van der Waals surface area contributed by atoms with Crippen molar-refractivity contribution in [2.75, 3.05) is 45.2 Å². The Kier molecular flexibility index (Phi) is 7.26. The number of hydrogen-bond donors (Lipinski definition) is 2. The maximum Gasteiger partial charge on any atom is 0.279 e. The smallest absolute Gasteiger partial charge is 0.279 e. The fraction of sp³-hybridized carbons (Fsp3) is 0.409. The lowest BCUT2D eigenvalue weighted by molar-refractivity contribution is -0.895. The summed E-state index contributed by atoms with van der Waals surface area (Å²) in [5.41, 5.74) is 3.43. The highest BCUT2D eigenvalue weighted by Crippen LogP contribution is 2.30. The summed E-state index contributed by atoms with van der Waals surface area (Å²) in [6.07, 6.45) is 0. The summed E-state index contributed by atoms with van der Waals surface area (Å²) in [6.45, 7) is 7.86. The van der Waals surface area contributed by atoms with Gasteiger partial charge in [-0.2, -0.15) is 4.31 Å². The highest BCUT2D eigenvalue weighted by Gasteiger charge is 2.31. The van der Waals surface area contributed by atoms with Gasteiger partial charge in [0, 0.05) is 11.1 Å². The molecule has 9 heteroatoms. The number of benzene rings is 2. The van der Waals surface area contributed by atoms with E-state index in [0.29, 0.717) is 47.5 Å². The Labute approximate surface area is 189 Å². The molecule has 0 saturated carbocycles. The zero-order valence-corrected chi connectivity index (χ0v) is 19.9. The predicted molar refractivity (Wildman–Crippen MR) is 122 cm³/mol. The topological polar surface area (TPSA) is 80.2 Å². The number of halogens is 1. The van der Waals surface area contributed by atoms with Crippen LogP contribution in [0.4, 0.5) is 5.69 Å². The molecule has 1 aliphatic rings. The fourth-order valence-electron chi connectivity index (χ4n) is 3.59. The number of methoxy groups -OCH3 is 1. The third-order valence-corrected chi connectivity index (χ3v) is 8.01. The lowest BCUT2D eigenvalue weighted by Crippen LogP contribution is -3.15. The highest BCUT2D eigenvalue weighted by atomic mass is 35.5.